The summed E-state index contributed by atoms with van der Waals surface area (Å²) >= 11 is 0. The highest BCUT2D eigenvalue weighted by Crippen LogP contribution is 2.41. The molecule has 0 bridgehead atoms. The summed E-state index contributed by atoms with van der Waals surface area (Å²) in [5.41, 5.74) is -0.269. The van der Waals surface area contributed by atoms with Crippen molar-refractivity contribution in [2.75, 3.05) is 47.0 Å². The Morgan fingerprint density at radius 1 is 1.56 bits per heavy atom. The molecule has 1 atom stereocenters. The Hall–Kier alpha value is -0.650. The lowest BCUT2D eigenvalue weighted by molar-refractivity contribution is -0.141. The van der Waals surface area contributed by atoms with Gasteiger partial charge in [-0.3, -0.25) is 4.79 Å². The Kier molecular flexibility index (Phi) is 4.59. The summed E-state index contributed by atoms with van der Waals surface area (Å²) < 4.78 is 10.8. The molecule has 0 aromatic carbocycles. The number of methoxy groups -OCH3 is 1. The lowest BCUT2D eigenvalue weighted by Gasteiger charge is -2.40. The molecule has 1 amide bonds. The number of hydrogen-bond acceptors (Lipinski definition) is 4. The third-order valence-corrected chi connectivity index (χ3v) is 4.05. The Labute approximate surface area is 109 Å². The van der Waals surface area contributed by atoms with E-state index >= 15 is 0 Å². The van der Waals surface area contributed by atoms with Gasteiger partial charge in [0.25, 0.3) is 0 Å². The predicted octanol–water partition coefficient (Wildman–Crippen LogP) is 0.250. The van der Waals surface area contributed by atoms with Gasteiger partial charge in [-0.1, -0.05) is 6.42 Å². The molecular weight excluding hydrogens is 232 g/mol. The highest BCUT2D eigenvalue weighted by atomic mass is 16.5. The van der Waals surface area contributed by atoms with Crippen LogP contribution in [-0.2, 0) is 14.3 Å². The van der Waals surface area contributed by atoms with E-state index in [0.717, 1.165) is 39.0 Å². The number of nitrogens with zero attached hydrogens (tertiary/aromatic N) is 1. The lowest BCUT2D eigenvalue weighted by atomic mass is 9.68. The Balaban J connectivity index is 1.77. The second kappa shape index (κ2) is 5.99. The van der Waals surface area contributed by atoms with E-state index in [-0.39, 0.29) is 17.4 Å². The number of carbonyl (C=O) groups excluding carboxylic acids is 1. The minimum atomic E-state index is -0.269. The Morgan fingerprint density at radius 3 is 2.89 bits per heavy atom. The Morgan fingerprint density at radius 2 is 2.33 bits per heavy atom. The molecule has 1 aliphatic heterocycles. The van der Waals surface area contributed by atoms with E-state index in [2.05, 4.69) is 17.3 Å². The summed E-state index contributed by atoms with van der Waals surface area (Å²) in [6, 6.07) is 0. The summed E-state index contributed by atoms with van der Waals surface area (Å²) in [7, 11) is 3.74. The molecule has 2 rings (SSSR count). The molecule has 5 heteroatoms. The average Bonchev–Trinajstić information content (AvgIpc) is 2.31. The van der Waals surface area contributed by atoms with Crippen LogP contribution in [0, 0.1) is 5.41 Å². The fourth-order valence-electron chi connectivity index (χ4n) is 2.70. The fourth-order valence-corrected chi connectivity index (χ4v) is 2.70. The van der Waals surface area contributed by atoms with Crippen molar-refractivity contribution in [3.8, 4) is 0 Å². The predicted molar refractivity (Wildman–Crippen MR) is 68.4 cm³/mol. The quantitative estimate of drug-likeness (QED) is 0.766. The van der Waals surface area contributed by atoms with Crippen molar-refractivity contribution in [2.45, 2.75) is 25.4 Å². The van der Waals surface area contributed by atoms with E-state index in [1.165, 1.54) is 0 Å². The van der Waals surface area contributed by atoms with Crippen molar-refractivity contribution < 1.29 is 14.3 Å². The molecule has 0 aromatic heterocycles. The van der Waals surface area contributed by atoms with Gasteiger partial charge in [0.15, 0.2) is 0 Å². The van der Waals surface area contributed by atoms with Gasteiger partial charge in [-0.15, -0.1) is 0 Å². The minimum absolute atomic E-state index is 0.118. The third-order valence-electron chi connectivity index (χ3n) is 4.05. The van der Waals surface area contributed by atoms with Crippen molar-refractivity contribution in [1.82, 2.24) is 10.2 Å². The van der Waals surface area contributed by atoms with Crippen molar-refractivity contribution in [3.63, 3.8) is 0 Å². The van der Waals surface area contributed by atoms with E-state index in [4.69, 9.17) is 9.47 Å². The SMILES string of the molecule is COCC1(C(=O)NC[C@@H]2CN(C)CCO2)CCC1. The van der Waals surface area contributed by atoms with E-state index in [1.807, 2.05) is 0 Å². The summed E-state index contributed by atoms with van der Waals surface area (Å²) in [6.45, 7) is 3.74. The van der Waals surface area contributed by atoms with Crippen LogP contribution in [0.25, 0.3) is 0 Å². The summed E-state index contributed by atoms with van der Waals surface area (Å²) in [4.78, 5) is 14.4. The fraction of sp³-hybridized carbons (Fsp3) is 0.923. The van der Waals surface area contributed by atoms with E-state index < -0.39 is 0 Å². The molecule has 1 heterocycles. The third kappa shape index (κ3) is 3.02. The second-order valence-electron chi connectivity index (χ2n) is 5.53. The van der Waals surface area contributed by atoms with Crippen LogP contribution in [0.3, 0.4) is 0 Å². The molecule has 1 aliphatic carbocycles. The van der Waals surface area contributed by atoms with Crippen LogP contribution >= 0.6 is 0 Å². The molecule has 5 nitrogen and oxygen atoms in total. The number of hydrogen-bond donors (Lipinski definition) is 1. The van der Waals surface area contributed by atoms with Crippen LogP contribution in [0.4, 0.5) is 0 Å². The molecule has 2 aliphatic rings. The maximum absolute atomic E-state index is 12.2. The van der Waals surface area contributed by atoms with Crippen LogP contribution in [-0.4, -0.2) is 63.9 Å². The normalized spacial score (nSPS) is 27.6. The topological polar surface area (TPSA) is 50.8 Å². The number of amides is 1. The molecule has 1 N–H and O–H groups in total. The van der Waals surface area contributed by atoms with Gasteiger partial charge in [0.1, 0.15) is 0 Å². The molecule has 1 saturated heterocycles. The van der Waals surface area contributed by atoms with Gasteiger partial charge in [0.2, 0.25) is 5.91 Å². The van der Waals surface area contributed by atoms with Crippen LogP contribution in [0.1, 0.15) is 19.3 Å². The number of nitrogens with one attached hydrogen (secondary N) is 1. The first kappa shape index (κ1) is 13.8. The van der Waals surface area contributed by atoms with Gasteiger partial charge in [0, 0.05) is 26.7 Å². The van der Waals surface area contributed by atoms with Crippen LogP contribution < -0.4 is 5.32 Å². The van der Waals surface area contributed by atoms with E-state index in [9.17, 15) is 4.79 Å². The molecule has 2 fully saturated rings. The average molecular weight is 256 g/mol. The summed E-state index contributed by atoms with van der Waals surface area (Å²) in [6.07, 6.45) is 3.13. The van der Waals surface area contributed by atoms with Gasteiger partial charge >= 0.3 is 0 Å². The molecule has 0 spiro atoms. The molecule has 0 unspecified atom stereocenters. The number of likely N-dealkylation sites (N-methyl/N-ethyl adjacent to an activating group) is 1. The smallest absolute Gasteiger partial charge is 0.228 e. The standard InChI is InChI=1S/C13H24N2O3/c1-15-6-7-18-11(9-15)8-14-12(16)13(10-17-2)4-3-5-13/h11H,3-10H2,1-2H3,(H,14,16)/t11-/m1/s1. The second-order valence-corrected chi connectivity index (χ2v) is 5.53. The van der Waals surface area contributed by atoms with Crippen molar-refractivity contribution in [1.29, 1.82) is 0 Å². The molecule has 0 aromatic rings. The first-order chi connectivity index (χ1) is 8.66. The number of carbonyl (C=O) groups is 1. The van der Waals surface area contributed by atoms with Crippen molar-refractivity contribution >= 4 is 5.91 Å². The molecule has 0 radical (unpaired) electrons. The number of morpholine rings is 1. The van der Waals surface area contributed by atoms with E-state index in [1.54, 1.807) is 7.11 Å². The van der Waals surface area contributed by atoms with Crippen LogP contribution in [0.5, 0.6) is 0 Å². The zero-order chi connectivity index (χ0) is 13.0. The van der Waals surface area contributed by atoms with Gasteiger partial charge in [0.05, 0.1) is 24.7 Å². The first-order valence-electron chi connectivity index (χ1n) is 6.74. The summed E-state index contributed by atoms with van der Waals surface area (Å²) in [5, 5.41) is 3.03. The van der Waals surface area contributed by atoms with E-state index in [0.29, 0.717) is 13.2 Å². The maximum atomic E-state index is 12.2. The molecule has 18 heavy (non-hydrogen) atoms. The molecule has 1 saturated carbocycles. The first-order valence-corrected chi connectivity index (χ1v) is 6.74. The maximum Gasteiger partial charge on any atom is 0.228 e. The zero-order valence-electron chi connectivity index (χ0n) is 11.4. The largest absolute Gasteiger partial charge is 0.384 e. The van der Waals surface area contributed by atoms with Crippen LogP contribution in [0.2, 0.25) is 0 Å². The van der Waals surface area contributed by atoms with Crippen molar-refractivity contribution in [2.24, 2.45) is 5.41 Å². The highest BCUT2D eigenvalue weighted by molar-refractivity contribution is 5.83. The Bertz CT molecular complexity index is 292. The highest BCUT2D eigenvalue weighted by Gasteiger charge is 2.44. The summed E-state index contributed by atoms with van der Waals surface area (Å²) in [5.74, 6) is 0.132. The molecule has 104 valence electrons. The van der Waals surface area contributed by atoms with Gasteiger partial charge < -0.3 is 19.7 Å². The number of ether oxygens (including phenoxy) is 2. The van der Waals surface area contributed by atoms with Gasteiger partial charge in [-0.05, 0) is 19.9 Å². The minimum Gasteiger partial charge on any atom is -0.384 e. The lowest BCUT2D eigenvalue weighted by Crippen LogP contribution is -2.52. The van der Waals surface area contributed by atoms with Gasteiger partial charge in [-0.2, -0.15) is 0 Å². The number of rotatable bonds is 5. The molecular formula is C13H24N2O3. The van der Waals surface area contributed by atoms with Gasteiger partial charge in [-0.25, -0.2) is 0 Å². The van der Waals surface area contributed by atoms with Crippen molar-refractivity contribution in [3.05, 3.63) is 0 Å². The van der Waals surface area contributed by atoms with Crippen LogP contribution in [0.15, 0.2) is 0 Å². The zero-order valence-corrected chi connectivity index (χ0v) is 11.4. The monoisotopic (exact) mass is 256 g/mol.